The van der Waals surface area contributed by atoms with E-state index < -0.39 is 16.1 Å². The van der Waals surface area contributed by atoms with E-state index >= 15 is 0 Å². The molecule has 1 saturated heterocycles. The van der Waals surface area contributed by atoms with Crippen molar-refractivity contribution >= 4 is 15.9 Å². The Morgan fingerprint density at radius 3 is 2.83 bits per heavy atom. The molecule has 1 fully saturated rings. The maximum absolute atomic E-state index is 12.1. The van der Waals surface area contributed by atoms with Gasteiger partial charge in [0.2, 0.25) is 15.9 Å². The molecular weight excluding hydrogens is 320 g/mol. The summed E-state index contributed by atoms with van der Waals surface area (Å²) < 4.78 is 35.1. The zero-order chi connectivity index (χ0) is 16.9. The molecule has 0 saturated carbocycles. The third-order valence-electron chi connectivity index (χ3n) is 3.64. The molecule has 1 aliphatic rings. The summed E-state index contributed by atoms with van der Waals surface area (Å²) in [6.07, 6.45) is 2.38. The van der Waals surface area contributed by atoms with Crippen molar-refractivity contribution in [3.8, 4) is 11.5 Å². The zero-order valence-corrected chi connectivity index (χ0v) is 14.1. The van der Waals surface area contributed by atoms with E-state index in [9.17, 15) is 13.2 Å². The minimum Gasteiger partial charge on any atom is -0.497 e. The summed E-state index contributed by atoms with van der Waals surface area (Å²) >= 11 is 0. The van der Waals surface area contributed by atoms with Crippen LogP contribution < -0.4 is 14.8 Å². The van der Waals surface area contributed by atoms with Gasteiger partial charge in [0, 0.05) is 12.6 Å². The van der Waals surface area contributed by atoms with Crippen LogP contribution in [-0.4, -0.2) is 57.7 Å². The van der Waals surface area contributed by atoms with Gasteiger partial charge in [-0.1, -0.05) is 6.07 Å². The lowest BCUT2D eigenvalue weighted by atomic mass is 10.2. The van der Waals surface area contributed by atoms with Crippen molar-refractivity contribution in [1.82, 2.24) is 9.62 Å². The molecular formula is C15H22N2O5S. The fourth-order valence-corrected chi connectivity index (χ4v) is 3.68. The second kappa shape index (κ2) is 7.65. The topological polar surface area (TPSA) is 84.9 Å². The van der Waals surface area contributed by atoms with Gasteiger partial charge in [0.15, 0.2) is 0 Å². The number of sulfonamides is 1. The van der Waals surface area contributed by atoms with Crippen LogP contribution in [0.15, 0.2) is 24.3 Å². The van der Waals surface area contributed by atoms with Gasteiger partial charge in [0.1, 0.15) is 24.1 Å². The predicted molar refractivity (Wildman–Crippen MR) is 86.1 cm³/mol. The molecule has 8 heteroatoms. The van der Waals surface area contributed by atoms with E-state index in [1.165, 1.54) is 4.31 Å². The van der Waals surface area contributed by atoms with E-state index in [0.29, 0.717) is 44.0 Å². The van der Waals surface area contributed by atoms with Crippen molar-refractivity contribution in [3.63, 3.8) is 0 Å². The summed E-state index contributed by atoms with van der Waals surface area (Å²) in [5, 5.41) is 2.72. The van der Waals surface area contributed by atoms with Gasteiger partial charge >= 0.3 is 0 Å². The maximum atomic E-state index is 12.1. The monoisotopic (exact) mass is 342 g/mol. The second-order valence-electron chi connectivity index (χ2n) is 5.35. The van der Waals surface area contributed by atoms with Crippen LogP contribution in [0.4, 0.5) is 0 Å². The lowest BCUT2D eigenvalue weighted by Crippen LogP contribution is -2.46. The molecule has 23 heavy (non-hydrogen) atoms. The molecule has 0 aromatic heterocycles. The summed E-state index contributed by atoms with van der Waals surface area (Å²) in [4.78, 5) is 12.1. The van der Waals surface area contributed by atoms with Crippen LogP contribution in [0.2, 0.25) is 0 Å². The molecule has 128 valence electrons. The molecule has 1 heterocycles. The number of amides is 1. The smallest absolute Gasteiger partial charge is 0.238 e. The van der Waals surface area contributed by atoms with E-state index in [-0.39, 0.29) is 5.91 Å². The van der Waals surface area contributed by atoms with E-state index in [2.05, 4.69) is 5.32 Å². The minimum absolute atomic E-state index is 0.276. The Morgan fingerprint density at radius 2 is 2.13 bits per heavy atom. The van der Waals surface area contributed by atoms with Crippen molar-refractivity contribution < 1.29 is 22.7 Å². The van der Waals surface area contributed by atoms with Gasteiger partial charge < -0.3 is 14.8 Å². The first-order chi connectivity index (χ1) is 10.9. The number of hydrogen-bond acceptors (Lipinski definition) is 5. The molecule has 1 N–H and O–H groups in total. The van der Waals surface area contributed by atoms with E-state index in [1.54, 1.807) is 19.2 Å². The molecule has 1 aromatic carbocycles. The van der Waals surface area contributed by atoms with Gasteiger partial charge in [-0.15, -0.1) is 0 Å². The third-order valence-corrected chi connectivity index (χ3v) is 4.93. The Hall–Kier alpha value is -1.80. The van der Waals surface area contributed by atoms with Crippen LogP contribution in [0, 0.1) is 0 Å². The second-order valence-corrected chi connectivity index (χ2v) is 7.29. The maximum Gasteiger partial charge on any atom is 0.238 e. The number of rotatable bonds is 7. The standard InChI is InChI=1S/C15H22N2O5S/c1-21-12-5-3-6-13(11-12)22-10-8-16-15(18)14-7-4-9-17(14)23(2,19)20/h3,5-6,11,14H,4,7-10H2,1-2H3,(H,16,18)/t14-/m1/s1. The molecule has 1 atom stereocenters. The Bertz CT molecular complexity index is 647. The fraction of sp³-hybridized carbons (Fsp3) is 0.533. The van der Waals surface area contributed by atoms with Gasteiger partial charge in [-0.2, -0.15) is 4.31 Å². The number of methoxy groups -OCH3 is 1. The predicted octanol–water partition coefficient (Wildman–Crippen LogP) is 0.614. The lowest BCUT2D eigenvalue weighted by Gasteiger charge is -2.21. The average Bonchev–Trinajstić information content (AvgIpc) is 3.01. The molecule has 0 spiro atoms. The van der Waals surface area contributed by atoms with Crippen molar-refractivity contribution in [2.24, 2.45) is 0 Å². The SMILES string of the molecule is COc1cccc(OCCNC(=O)[C@H]2CCCN2S(C)(=O)=O)c1. The molecule has 7 nitrogen and oxygen atoms in total. The molecule has 2 rings (SSSR count). The van der Waals surface area contributed by atoms with Gasteiger partial charge in [-0.05, 0) is 25.0 Å². The Labute approximate surface area is 136 Å². The minimum atomic E-state index is -3.35. The number of benzene rings is 1. The highest BCUT2D eigenvalue weighted by molar-refractivity contribution is 7.88. The number of carbonyl (C=O) groups is 1. The van der Waals surface area contributed by atoms with Gasteiger partial charge in [-0.3, -0.25) is 4.79 Å². The Morgan fingerprint density at radius 1 is 1.39 bits per heavy atom. The highest BCUT2D eigenvalue weighted by Gasteiger charge is 2.36. The molecule has 1 aromatic rings. The van der Waals surface area contributed by atoms with E-state index in [1.807, 2.05) is 12.1 Å². The number of hydrogen-bond donors (Lipinski definition) is 1. The summed E-state index contributed by atoms with van der Waals surface area (Å²) in [6.45, 7) is 1.01. The first-order valence-corrected chi connectivity index (χ1v) is 9.28. The summed E-state index contributed by atoms with van der Waals surface area (Å²) in [7, 11) is -1.77. The first kappa shape index (κ1) is 17.6. The number of carbonyl (C=O) groups excluding carboxylic acids is 1. The number of nitrogens with zero attached hydrogens (tertiary/aromatic N) is 1. The highest BCUT2D eigenvalue weighted by atomic mass is 32.2. The summed E-state index contributed by atoms with van der Waals surface area (Å²) in [5.74, 6) is 1.07. The Balaban J connectivity index is 1.78. The average molecular weight is 342 g/mol. The van der Waals surface area contributed by atoms with Crippen LogP contribution in [-0.2, 0) is 14.8 Å². The van der Waals surface area contributed by atoms with Crippen molar-refractivity contribution in [2.45, 2.75) is 18.9 Å². The highest BCUT2D eigenvalue weighted by Crippen LogP contribution is 2.20. The largest absolute Gasteiger partial charge is 0.497 e. The van der Waals surface area contributed by atoms with Crippen LogP contribution >= 0.6 is 0 Å². The molecule has 1 aliphatic heterocycles. The molecule has 0 unspecified atom stereocenters. The van der Waals surface area contributed by atoms with Gasteiger partial charge in [0.25, 0.3) is 0 Å². The Kier molecular flexibility index (Phi) is 5.84. The van der Waals surface area contributed by atoms with Crippen LogP contribution in [0.1, 0.15) is 12.8 Å². The lowest BCUT2D eigenvalue weighted by molar-refractivity contribution is -0.124. The first-order valence-electron chi connectivity index (χ1n) is 7.43. The zero-order valence-electron chi connectivity index (χ0n) is 13.3. The van der Waals surface area contributed by atoms with Crippen molar-refractivity contribution in [3.05, 3.63) is 24.3 Å². The van der Waals surface area contributed by atoms with Crippen LogP contribution in [0.25, 0.3) is 0 Å². The van der Waals surface area contributed by atoms with Gasteiger partial charge in [0.05, 0.1) is 19.9 Å². The van der Waals surface area contributed by atoms with Crippen molar-refractivity contribution in [1.29, 1.82) is 0 Å². The molecule has 0 radical (unpaired) electrons. The van der Waals surface area contributed by atoms with E-state index in [4.69, 9.17) is 9.47 Å². The summed E-state index contributed by atoms with van der Waals surface area (Å²) in [6, 6.07) is 6.57. The number of ether oxygens (including phenoxy) is 2. The fourth-order valence-electron chi connectivity index (χ4n) is 2.55. The summed E-state index contributed by atoms with van der Waals surface area (Å²) in [5.41, 5.74) is 0. The third kappa shape index (κ3) is 4.84. The van der Waals surface area contributed by atoms with E-state index in [0.717, 1.165) is 6.26 Å². The van der Waals surface area contributed by atoms with Crippen LogP contribution in [0.3, 0.4) is 0 Å². The normalized spacial score (nSPS) is 18.6. The van der Waals surface area contributed by atoms with Crippen LogP contribution in [0.5, 0.6) is 11.5 Å². The molecule has 0 bridgehead atoms. The quantitative estimate of drug-likeness (QED) is 0.734. The molecule has 0 aliphatic carbocycles. The van der Waals surface area contributed by atoms with Crippen molar-refractivity contribution in [2.75, 3.05) is 33.1 Å². The number of nitrogens with one attached hydrogen (secondary N) is 1. The van der Waals surface area contributed by atoms with Gasteiger partial charge in [-0.25, -0.2) is 8.42 Å². The molecule has 1 amide bonds.